The van der Waals surface area contributed by atoms with Crippen molar-refractivity contribution in [2.24, 2.45) is 5.92 Å². The number of nitrogens with one attached hydrogen (secondary N) is 3. The molecular weight excluding hydrogens is 336 g/mol. The number of imide groups is 1. The van der Waals surface area contributed by atoms with Crippen LogP contribution in [0, 0.1) is 5.92 Å². The van der Waals surface area contributed by atoms with Crippen LogP contribution in [0.5, 0.6) is 0 Å². The maximum atomic E-state index is 12.1. The van der Waals surface area contributed by atoms with Crippen molar-refractivity contribution in [3.05, 3.63) is 30.0 Å². The minimum absolute atomic E-state index is 0.0644. The Morgan fingerprint density at radius 3 is 2.81 bits per heavy atom. The van der Waals surface area contributed by atoms with Crippen LogP contribution in [0.3, 0.4) is 0 Å². The Kier molecular flexibility index (Phi) is 5.50. The van der Waals surface area contributed by atoms with E-state index in [4.69, 9.17) is 4.74 Å². The van der Waals surface area contributed by atoms with E-state index < -0.39 is 24.5 Å². The highest BCUT2D eigenvalue weighted by Gasteiger charge is 2.24. The molecule has 3 N–H and O–H groups in total. The highest BCUT2D eigenvalue weighted by atomic mass is 16.5. The lowest BCUT2D eigenvalue weighted by atomic mass is 9.86. The third-order valence-electron chi connectivity index (χ3n) is 4.68. The highest BCUT2D eigenvalue weighted by Crippen LogP contribution is 2.23. The Hall–Kier alpha value is -2.90. The van der Waals surface area contributed by atoms with Crippen LogP contribution in [-0.4, -0.2) is 40.8 Å². The van der Waals surface area contributed by atoms with Crippen molar-refractivity contribution in [1.82, 2.24) is 20.8 Å². The number of hydrogen-bond donors (Lipinski definition) is 3. The molecule has 1 fully saturated rings. The average Bonchev–Trinajstić information content (AvgIpc) is 3.06. The zero-order chi connectivity index (χ0) is 18.5. The molecule has 1 aliphatic rings. The van der Waals surface area contributed by atoms with E-state index in [0.29, 0.717) is 16.8 Å². The third-order valence-corrected chi connectivity index (χ3v) is 4.68. The molecule has 0 spiro atoms. The summed E-state index contributed by atoms with van der Waals surface area (Å²) >= 11 is 0. The number of nitrogens with zero attached hydrogens (tertiary/aromatic N) is 1. The Labute approximate surface area is 150 Å². The SMILES string of the molecule is C[C@@H]1CCCC[C@@H]1NC(=O)NC(=O)COC(=O)c1n[nH]c2ccccc12. The van der Waals surface area contributed by atoms with E-state index >= 15 is 0 Å². The quantitative estimate of drug-likeness (QED) is 0.725. The summed E-state index contributed by atoms with van der Waals surface area (Å²) in [6.45, 7) is 1.54. The molecule has 0 saturated heterocycles. The average molecular weight is 358 g/mol. The number of H-pyrrole nitrogens is 1. The molecule has 3 rings (SSSR count). The van der Waals surface area contributed by atoms with E-state index in [1.807, 2.05) is 6.07 Å². The van der Waals surface area contributed by atoms with E-state index in [1.54, 1.807) is 18.2 Å². The number of carbonyl (C=O) groups is 3. The van der Waals surface area contributed by atoms with Crippen molar-refractivity contribution < 1.29 is 19.1 Å². The molecule has 138 valence electrons. The summed E-state index contributed by atoms with van der Waals surface area (Å²) in [5.74, 6) is -1.02. The van der Waals surface area contributed by atoms with Crippen LogP contribution in [-0.2, 0) is 9.53 Å². The first-order valence-corrected chi connectivity index (χ1v) is 8.75. The third kappa shape index (κ3) is 4.19. The smallest absolute Gasteiger partial charge is 0.359 e. The van der Waals surface area contributed by atoms with Gasteiger partial charge < -0.3 is 10.1 Å². The number of para-hydroxylation sites is 1. The van der Waals surface area contributed by atoms with E-state index in [0.717, 1.165) is 25.7 Å². The minimum Gasteiger partial charge on any atom is -0.451 e. The number of rotatable bonds is 4. The number of aromatic nitrogens is 2. The molecule has 26 heavy (non-hydrogen) atoms. The number of esters is 1. The second-order valence-electron chi connectivity index (χ2n) is 6.58. The molecular formula is C18H22N4O4. The Morgan fingerprint density at radius 2 is 2.00 bits per heavy atom. The fraction of sp³-hybridized carbons (Fsp3) is 0.444. The molecule has 1 heterocycles. The monoisotopic (exact) mass is 358 g/mol. The van der Waals surface area contributed by atoms with Crippen LogP contribution >= 0.6 is 0 Å². The normalized spacial score (nSPS) is 19.7. The van der Waals surface area contributed by atoms with Crippen LogP contribution in [0.2, 0.25) is 0 Å². The molecule has 1 aromatic heterocycles. The van der Waals surface area contributed by atoms with Gasteiger partial charge in [0.25, 0.3) is 5.91 Å². The molecule has 1 saturated carbocycles. The lowest BCUT2D eigenvalue weighted by Gasteiger charge is -2.29. The summed E-state index contributed by atoms with van der Waals surface area (Å²) in [5.41, 5.74) is 0.804. The molecule has 8 nitrogen and oxygen atoms in total. The van der Waals surface area contributed by atoms with Gasteiger partial charge >= 0.3 is 12.0 Å². The van der Waals surface area contributed by atoms with Gasteiger partial charge in [0, 0.05) is 11.4 Å². The van der Waals surface area contributed by atoms with Crippen LogP contribution in [0.1, 0.15) is 43.1 Å². The molecule has 0 unspecified atom stereocenters. The Bertz CT molecular complexity index is 816. The molecule has 1 aliphatic carbocycles. The lowest BCUT2D eigenvalue weighted by Crippen LogP contribution is -2.48. The van der Waals surface area contributed by atoms with Gasteiger partial charge in [0.1, 0.15) is 0 Å². The summed E-state index contributed by atoms with van der Waals surface area (Å²) < 4.78 is 4.95. The molecule has 3 amide bonds. The van der Waals surface area contributed by atoms with Crippen molar-refractivity contribution in [3.8, 4) is 0 Å². The molecule has 2 atom stereocenters. The minimum atomic E-state index is -0.723. The largest absolute Gasteiger partial charge is 0.451 e. The van der Waals surface area contributed by atoms with E-state index in [1.165, 1.54) is 0 Å². The fourth-order valence-corrected chi connectivity index (χ4v) is 3.22. The number of urea groups is 1. The molecule has 0 aliphatic heterocycles. The van der Waals surface area contributed by atoms with Crippen LogP contribution in [0.25, 0.3) is 10.9 Å². The van der Waals surface area contributed by atoms with E-state index in [2.05, 4.69) is 27.8 Å². The zero-order valence-electron chi connectivity index (χ0n) is 14.6. The second-order valence-corrected chi connectivity index (χ2v) is 6.58. The molecule has 0 radical (unpaired) electrons. The first kappa shape index (κ1) is 17.9. The summed E-state index contributed by atoms with van der Waals surface area (Å²) in [5, 5.41) is 12.2. The first-order chi connectivity index (χ1) is 12.5. The van der Waals surface area contributed by atoms with Crippen LogP contribution < -0.4 is 10.6 Å². The van der Waals surface area contributed by atoms with Crippen LogP contribution in [0.4, 0.5) is 4.79 Å². The van der Waals surface area contributed by atoms with Crippen molar-refractivity contribution in [1.29, 1.82) is 0 Å². The summed E-state index contributed by atoms with van der Waals surface area (Å²) in [6, 6.07) is 6.60. The number of ether oxygens (including phenoxy) is 1. The number of hydrogen-bond acceptors (Lipinski definition) is 5. The molecule has 8 heteroatoms. The molecule has 2 aromatic rings. The summed E-state index contributed by atoms with van der Waals surface area (Å²) in [6.07, 6.45) is 4.20. The van der Waals surface area contributed by atoms with Gasteiger partial charge in [0.05, 0.1) is 5.52 Å². The highest BCUT2D eigenvalue weighted by molar-refractivity contribution is 6.03. The zero-order valence-corrected chi connectivity index (χ0v) is 14.6. The maximum Gasteiger partial charge on any atom is 0.359 e. The number of amides is 3. The standard InChI is InChI=1S/C18H22N4O4/c1-11-6-2-4-8-13(11)19-18(25)20-15(23)10-26-17(24)16-12-7-3-5-9-14(12)21-22-16/h3,5,7,9,11,13H,2,4,6,8,10H2,1H3,(H,21,22)(H2,19,20,23,25)/t11-,13+/m1/s1. The predicted octanol–water partition coefficient (Wildman–Crippen LogP) is 2.12. The molecule has 1 aromatic carbocycles. The summed E-state index contributed by atoms with van der Waals surface area (Å²) in [4.78, 5) is 35.8. The fourth-order valence-electron chi connectivity index (χ4n) is 3.22. The summed E-state index contributed by atoms with van der Waals surface area (Å²) in [7, 11) is 0. The Balaban J connectivity index is 1.47. The predicted molar refractivity (Wildman–Crippen MR) is 94.5 cm³/mol. The Morgan fingerprint density at radius 1 is 1.23 bits per heavy atom. The van der Waals surface area contributed by atoms with Gasteiger partial charge in [-0.05, 0) is 24.8 Å². The number of benzene rings is 1. The van der Waals surface area contributed by atoms with E-state index in [-0.39, 0.29) is 11.7 Å². The van der Waals surface area contributed by atoms with Gasteiger partial charge in [0.15, 0.2) is 12.3 Å². The van der Waals surface area contributed by atoms with Gasteiger partial charge in [-0.3, -0.25) is 15.2 Å². The van der Waals surface area contributed by atoms with Gasteiger partial charge in [-0.25, -0.2) is 9.59 Å². The molecule has 0 bridgehead atoms. The van der Waals surface area contributed by atoms with Crippen molar-refractivity contribution in [2.75, 3.05) is 6.61 Å². The first-order valence-electron chi connectivity index (χ1n) is 8.75. The van der Waals surface area contributed by atoms with Gasteiger partial charge in [-0.2, -0.15) is 5.10 Å². The topological polar surface area (TPSA) is 113 Å². The van der Waals surface area contributed by atoms with Crippen LogP contribution in [0.15, 0.2) is 24.3 Å². The van der Waals surface area contributed by atoms with Crippen molar-refractivity contribution >= 4 is 28.8 Å². The van der Waals surface area contributed by atoms with Gasteiger partial charge in [-0.1, -0.05) is 38.0 Å². The lowest BCUT2D eigenvalue weighted by molar-refractivity contribution is -0.123. The number of aromatic amines is 1. The van der Waals surface area contributed by atoms with E-state index in [9.17, 15) is 14.4 Å². The van der Waals surface area contributed by atoms with Gasteiger partial charge in [-0.15, -0.1) is 0 Å². The van der Waals surface area contributed by atoms with Gasteiger partial charge in [0.2, 0.25) is 0 Å². The van der Waals surface area contributed by atoms with Crippen molar-refractivity contribution in [2.45, 2.75) is 38.6 Å². The number of carbonyl (C=O) groups excluding carboxylic acids is 3. The van der Waals surface area contributed by atoms with Crippen molar-refractivity contribution in [3.63, 3.8) is 0 Å². The number of fused-ring (bicyclic) bond motifs is 1. The second kappa shape index (κ2) is 7.99. The maximum absolute atomic E-state index is 12.1.